The quantitative estimate of drug-likeness (QED) is 0.524. The maximum absolute atomic E-state index is 9.67. The molecule has 1 aliphatic heterocycles. The van der Waals surface area contributed by atoms with Gasteiger partial charge in [-0.2, -0.15) is 0 Å². The van der Waals surface area contributed by atoms with Crippen LogP contribution in [0.5, 0.6) is 5.75 Å². The minimum Gasteiger partial charge on any atom is -0.508 e. The number of phenols is 1. The van der Waals surface area contributed by atoms with Crippen molar-refractivity contribution in [2.75, 3.05) is 36.0 Å². The highest BCUT2D eigenvalue weighted by atomic mass is 16.3. The fraction of sp³-hybridized carbons (Fsp3) is 0.154. The fourth-order valence-electron chi connectivity index (χ4n) is 3.92. The second kappa shape index (κ2) is 8.48. The average Bonchev–Trinajstić information content (AvgIpc) is 2.85. The zero-order valence-electron chi connectivity index (χ0n) is 17.2. The lowest BCUT2D eigenvalue weighted by Crippen LogP contribution is -2.47. The number of anilines is 2. The van der Waals surface area contributed by atoms with Crippen molar-refractivity contribution in [2.45, 2.75) is 0 Å². The van der Waals surface area contributed by atoms with Crippen LogP contribution in [0, 0.1) is 0 Å². The van der Waals surface area contributed by atoms with Gasteiger partial charge in [0.05, 0.1) is 11.4 Å². The van der Waals surface area contributed by atoms with Crippen LogP contribution in [0.15, 0.2) is 91.0 Å². The van der Waals surface area contributed by atoms with Gasteiger partial charge < -0.3 is 14.9 Å². The van der Waals surface area contributed by atoms with Crippen molar-refractivity contribution < 1.29 is 5.11 Å². The minimum absolute atomic E-state index is 0.248. The molecule has 1 aliphatic rings. The van der Waals surface area contributed by atoms with Crippen LogP contribution in [0.2, 0.25) is 0 Å². The first-order valence-corrected chi connectivity index (χ1v) is 10.6. The fourth-order valence-corrected chi connectivity index (χ4v) is 3.92. The molecule has 0 unspecified atom stereocenters. The smallest absolute Gasteiger partial charge is 0.226 e. The SMILES string of the molecule is Oc1ccc(-c2cc(-c3ccccc3)nc(N3CCN(c4ccccc4)CC3)n2)cc1. The van der Waals surface area contributed by atoms with Gasteiger partial charge in [0.1, 0.15) is 5.75 Å². The number of para-hydroxylation sites is 1. The lowest BCUT2D eigenvalue weighted by molar-refractivity contribution is 0.475. The molecular formula is C26H24N4O. The van der Waals surface area contributed by atoms with E-state index < -0.39 is 0 Å². The number of rotatable bonds is 4. The standard InChI is InChI=1S/C26H24N4O/c31-23-13-11-21(12-14-23)25-19-24(20-7-3-1-4-8-20)27-26(28-25)30-17-15-29(16-18-30)22-9-5-2-6-10-22/h1-14,19,31H,15-18H2. The number of aromatic hydroxyl groups is 1. The first-order valence-electron chi connectivity index (χ1n) is 10.6. The number of aromatic nitrogens is 2. The van der Waals surface area contributed by atoms with Gasteiger partial charge in [0.15, 0.2) is 0 Å². The summed E-state index contributed by atoms with van der Waals surface area (Å²) < 4.78 is 0. The molecule has 5 nitrogen and oxygen atoms in total. The summed E-state index contributed by atoms with van der Waals surface area (Å²) in [5.74, 6) is 0.996. The van der Waals surface area contributed by atoms with E-state index >= 15 is 0 Å². The zero-order valence-corrected chi connectivity index (χ0v) is 17.2. The van der Waals surface area contributed by atoms with Gasteiger partial charge in [-0.25, -0.2) is 9.97 Å². The Hall–Kier alpha value is -3.86. The lowest BCUT2D eigenvalue weighted by atomic mass is 10.1. The Labute approximate surface area is 182 Å². The maximum Gasteiger partial charge on any atom is 0.226 e. The van der Waals surface area contributed by atoms with Gasteiger partial charge in [-0.1, -0.05) is 48.5 Å². The van der Waals surface area contributed by atoms with Crippen LogP contribution in [0.25, 0.3) is 22.5 Å². The monoisotopic (exact) mass is 408 g/mol. The van der Waals surface area contributed by atoms with E-state index in [9.17, 15) is 5.11 Å². The van der Waals surface area contributed by atoms with Gasteiger partial charge in [0.25, 0.3) is 0 Å². The molecule has 0 amide bonds. The second-order valence-electron chi connectivity index (χ2n) is 7.66. The molecule has 0 atom stereocenters. The van der Waals surface area contributed by atoms with Crippen LogP contribution in [0.4, 0.5) is 11.6 Å². The average molecular weight is 409 g/mol. The Morgan fingerprint density at radius 1 is 0.581 bits per heavy atom. The molecule has 5 rings (SSSR count). The predicted octanol–water partition coefficient (Wildman–Crippen LogP) is 4.84. The van der Waals surface area contributed by atoms with Crippen molar-refractivity contribution >= 4 is 11.6 Å². The third-order valence-electron chi connectivity index (χ3n) is 5.63. The number of hydrogen-bond donors (Lipinski definition) is 1. The summed E-state index contributed by atoms with van der Waals surface area (Å²) in [7, 11) is 0. The van der Waals surface area contributed by atoms with Crippen LogP contribution < -0.4 is 9.80 Å². The Balaban J connectivity index is 1.46. The van der Waals surface area contributed by atoms with Gasteiger partial charge >= 0.3 is 0 Å². The number of hydrogen-bond acceptors (Lipinski definition) is 5. The number of phenolic OH excluding ortho intramolecular Hbond substituents is 1. The van der Waals surface area contributed by atoms with Crippen molar-refractivity contribution in [3.8, 4) is 28.3 Å². The second-order valence-corrected chi connectivity index (χ2v) is 7.66. The van der Waals surface area contributed by atoms with Crippen molar-refractivity contribution in [3.05, 3.63) is 91.0 Å². The molecule has 3 aromatic carbocycles. The van der Waals surface area contributed by atoms with Crippen molar-refractivity contribution in [1.82, 2.24) is 9.97 Å². The first kappa shape index (κ1) is 19.1. The van der Waals surface area contributed by atoms with Gasteiger partial charge in [-0.05, 0) is 42.5 Å². The van der Waals surface area contributed by atoms with Crippen LogP contribution in [0.3, 0.4) is 0 Å². The molecule has 1 N–H and O–H groups in total. The van der Waals surface area contributed by atoms with E-state index in [2.05, 4.69) is 46.2 Å². The molecule has 1 aromatic heterocycles. The molecule has 4 aromatic rings. The Morgan fingerprint density at radius 3 is 1.71 bits per heavy atom. The molecule has 31 heavy (non-hydrogen) atoms. The summed E-state index contributed by atoms with van der Waals surface area (Å²) in [4.78, 5) is 14.5. The molecule has 0 bridgehead atoms. The highest BCUT2D eigenvalue weighted by Gasteiger charge is 2.21. The van der Waals surface area contributed by atoms with E-state index in [1.165, 1.54) is 5.69 Å². The van der Waals surface area contributed by atoms with E-state index in [-0.39, 0.29) is 5.75 Å². The Bertz CT molecular complexity index is 1140. The summed E-state index contributed by atoms with van der Waals surface area (Å²) in [5.41, 5.74) is 5.04. The summed E-state index contributed by atoms with van der Waals surface area (Å²) in [6.07, 6.45) is 0. The molecule has 0 aliphatic carbocycles. The van der Waals surface area contributed by atoms with Crippen LogP contribution in [-0.4, -0.2) is 41.3 Å². The Kier molecular flexibility index (Phi) is 5.23. The maximum atomic E-state index is 9.67. The van der Waals surface area contributed by atoms with Gasteiger partial charge in [-0.3, -0.25) is 0 Å². The van der Waals surface area contributed by atoms with Gasteiger partial charge in [0, 0.05) is 43.0 Å². The number of benzene rings is 3. The molecule has 0 saturated carbocycles. The Morgan fingerprint density at radius 2 is 1.10 bits per heavy atom. The first-order chi connectivity index (χ1) is 15.3. The van der Waals surface area contributed by atoms with Gasteiger partial charge in [0.2, 0.25) is 5.95 Å². The highest BCUT2D eigenvalue weighted by Crippen LogP contribution is 2.28. The third kappa shape index (κ3) is 4.21. The van der Waals surface area contributed by atoms with E-state index in [1.54, 1.807) is 12.1 Å². The number of nitrogens with zero attached hydrogens (tertiary/aromatic N) is 4. The third-order valence-corrected chi connectivity index (χ3v) is 5.63. The summed E-state index contributed by atoms with van der Waals surface area (Å²) in [6.45, 7) is 3.58. The van der Waals surface area contributed by atoms with Crippen LogP contribution in [0.1, 0.15) is 0 Å². The van der Waals surface area contributed by atoms with Crippen LogP contribution >= 0.6 is 0 Å². The summed E-state index contributed by atoms with van der Waals surface area (Å²) >= 11 is 0. The molecule has 0 radical (unpaired) electrons. The number of piperazine rings is 1. The van der Waals surface area contributed by atoms with E-state index in [0.29, 0.717) is 0 Å². The molecule has 0 spiro atoms. The molecule has 154 valence electrons. The normalized spacial score (nSPS) is 13.9. The molecular weight excluding hydrogens is 384 g/mol. The van der Waals surface area contributed by atoms with Crippen molar-refractivity contribution in [2.24, 2.45) is 0 Å². The zero-order chi connectivity index (χ0) is 21.0. The molecule has 1 saturated heterocycles. The minimum atomic E-state index is 0.248. The summed E-state index contributed by atoms with van der Waals surface area (Å²) in [6, 6.07) is 29.9. The van der Waals surface area contributed by atoms with Crippen molar-refractivity contribution in [1.29, 1.82) is 0 Å². The lowest BCUT2D eigenvalue weighted by Gasteiger charge is -2.36. The highest BCUT2D eigenvalue weighted by molar-refractivity contribution is 5.70. The van der Waals surface area contributed by atoms with E-state index in [1.807, 2.05) is 42.5 Å². The topological polar surface area (TPSA) is 52.5 Å². The van der Waals surface area contributed by atoms with E-state index in [4.69, 9.17) is 9.97 Å². The largest absolute Gasteiger partial charge is 0.508 e. The van der Waals surface area contributed by atoms with E-state index in [0.717, 1.165) is 54.6 Å². The van der Waals surface area contributed by atoms with Crippen molar-refractivity contribution in [3.63, 3.8) is 0 Å². The molecule has 5 heteroatoms. The van der Waals surface area contributed by atoms with Crippen LogP contribution in [-0.2, 0) is 0 Å². The van der Waals surface area contributed by atoms with Gasteiger partial charge in [-0.15, -0.1) is 0 Å². The predicted molar refractivity (Wildman–Crippen MR) is 125 cm³/mol. The molecule has 2 heterocycles. The summed E-state index contributed by atoms with van der Waals surface area (Å²) in [5, 5.41) is 9.67. The molecule has 1 fully saturated rings.